The van der Waals surface area contributed by atoms with E-state index in [4.69, 9.17) is 18.9 Å². The highest BCUT2D eigenvalue weighted by atomic mass is 16.8. The van der Waals surface area contributed by atoms with Crippen LogP contribution in [0.15, 0.2) is 36.4 Å². The average Bonchev–Trinajstić information content (AvgIpc) is 2.64. The van der Waals surface area contributed by atoms with E-state index in [1.54, 1.807) is 6.08 Å². The van der Waals surface area contributed by atoms with Crippen molar-refractivity contribution in [2.24, 2.45) is 11.3 Å². The molecule has 1 unspecified atom stereocenters. The van der Waals surface area contributed by atoms with Crippen LogP contribution in [0.3, 0.4) is 0 Å². The third-order valence-corrected chi connectivity index (χ3v) is 4.67. The van der Waals surface area contributed by atoms with E-state index in [0.717, 1.165) is 5.56 Å². The Morgan fingerprint density at radius 1 is 0.917 bits per heavy atom. The SMILES string of the molecule is COC1(OC)C(/C=C/c2ccccc2)C(C#N)(C#N)C1(OC)OC. The van der Waals surface area contributed by atoms with Crippen LogP contribution in [0.2, 0.25) is 0 Å². The van der Waals surface area contributed by atoms with Gasteiger partial charge in [-0.15, -0.1) is 0 Å². The predicted octanol–water partition coefficient (Wildman–Crippen LogP) is 2.34. The summed E-state index contributed by atoms with van der Waals surface area (Å²) < 4.78 is 22.0. The van der Waals surface area contributed by atoms with E-state index in [1.807, 2.05) is 48.5 Å². The summed E-state index contributed by atoms with van der Waals surface area (Å²) in [7, 11) is 5.57. The Hall–Kier alpha value is -2.22. The molecule has 1 fully saturated rings. The van der Waals surface area contributed by atoms with Crippen LogP contribution < -0.4 is 0 Å². The minimum Gasteiger partial charge on any atom is -0.348 e. The van der Waals surface area contributed by atoms with E-state index in [-0.39, 0.29) is 0 Å². The molecule has 1 aromatic rings. The smallest absolute Gasteiger partial charge is 0.257 e. The molecule has 1 aromatic carbocycles. The Morgan fingerprint density at radius 2 is 1.46 bits per heavy atom. The molecule has 6 heteroatoms. The summed E-state index contributed by atoms with van der Waals surface area (Å²) in [5.74, 6) is -3.80. The first kappa shape index (κ1) is 18.1. The second-order valence-corrected chi connectivity index (χ2v) is 5.38. The summed E-state index contributed by atoms with van der Waals surface area (Å²) in [6.07, 6.45) is 3.54. The van der Waals surface area contributed by atoms with Crippen molar-refractivity contribution in [3.05, 3.63) is 42.0 Å². The number of hydrogen-bond acceptors (Lipinski definition) is 6. The Kier molecular flexibility index (Phi) is 5.08. The van der Waals surface area contributed by atoms with Crippen LogP contribution in [-0.2, 0) is 18.9 Å². The van der Waals surface area contributed by atoms with Crippen LogP contribution in [0.5, 0.6) is 0 Å². The molecule has 2 rings (SSSR count). The van der Waals surface area contributed by atoms with Gasteiger partial charge in [0.15, 0.2) is 0 Å². The normalized spacial score (nSPS) is 23.2. The molecule has 0 N–H and O–H groups in total. The number of benzene rings is 1. The molecule has 0 aliphatic heterocycles. The lowest BCUT2D eigenvalue weighted by Gasteiger charge is -2.64. The molecule has 0 radical (unpaired) electrons. The van der Waals surface area contributed by atoms with Crippen LogP contribution in [0.4, 0.5) is 0 Å². The topological polar surface area (TPSA) is 84.5 Å². The van der Waals surface area contributed by atoms with E-state index in [2.05, 4.69) is 0 Å². The van der Waals surface area contributed by atoms with Crippen molar-refractivity contribution < 1.29 is 18.9 Å². The molecule has 1 aliphatic carbocycles. The summed E-state index contributed by atoms with van der Waals surface area (Å²) in [6, 6.07) is 13.6. The number of hydrogen-bond donors (Lipinski definition) is 0. The summed E-state index contributed by atoms with van der Waals surface area (Å²) in [5, 5.41) is 19.5. The third kappa shape index (κ3) is 2.02. The number of ether oxygens (including phenoxy) is 4. The zero-order chi connectivity index (χ0) is 17.8. The monoisotopic (exact) mass is 328 g/mol. The quantitative estimate of drug-likeness (QED) is 0.745. The maximum Gasteiger partial charge on any atom is 0.257 e. The molecule has 24 heavy (non-hydrogen) atoms. The van der Waals surface area contributed by atoms with Crippen molar-refractivity contribution in [3.63, 3.8) is 0 Å². The van der Waals surface area contributed by atoms with E-state index < -0.39 is 22.9 Å². The minimum absolute atomic E-state index is 0.713. The fourth-order valence-electron chi connectivity index (χ4n) is 3.54. The molecule has 1 atom stereocenters. The lowest BCUT2D eigenvalue weighted by Crippen LogP contribution is -2.83. The van der Waals surface area contributed by atoms with Crippen molar-refractivity contribution in [3.8, 4) is 12.1 Å². The second-order valence-electron chi connectivity index (χ2n) is 5.38. The Morgan fingerprint density at radius 3 is 1.88 bits per heavy atom. The first-order valence-corrected chi connectivity index (χ1v) is 7.34. The van der Waals surface area contributed by atoms with E-state index in [1.165, 1.54) is 28.4 Å². The van der Waals surface area contributed by atoms with E-state index in [9.17, 15) is 10.5 Å². The molecule has 1 saturated carbocycles. The molecule has 0 amide bonds. The maximum atomic E-state index is 9.75. The maximum absolute atomic E-state index is 9.75. The number of nitriles is 2. The first-order chi connectivity index (χ1) is 11.6. The van der Waals surface area contributed by atoms with E-state index in [0.29, 0.717) is 0 Å². The van der Waals surface area contributed by atoms with Crippen LogP contribution in [0, 0.1) is 34.0 Å². The summed E-state index contributed by atoms with van der Waals surface area (Å²) in [6.45, 7) is 0. The number of methoxy groups -OCH3 is 4. The molecule has 1 aliphatic rings. The van der Waals surface area contributed by atoms with Gasteiger partial charge in [-0.3, -0.25) is 0 Å². The molecular formula is C18H20N2O4. The summed E-state index contributed by atoms with van der Waals surface area (Å²) in [5.41, 5.74) is -0.691. The molecule has 0 bridgehead atoms. The molecule has 126 valence electrons. The van der Waals surface area contributed by atoms with Crippen molar-refractivity contribution in [1.82, 2.24) is 0 Å². The highest BCUT2D eigenvalue weighted by Gasteiger charge is 2.85. The number of nitrogens with zero attached hydrogens (tertiary/aromatic N) is 2. The van der Waals surface area contributed by atoms with Crippen LogP contribution in [-0.4, -0.2) is 40.0 Å². The summed E-state index contributed by atoms with van der Waals surface area (Å²) >= 11 is 0. The molecule has 6 nitrogen and oxygen atoms in total. The molecule has 0 saturated heterocycles. The van der Waals surface area contributed by atoms with Gasteiger partial charge in [-0.2, -0.15) is 10.5 Å². The minimum atomic E-state index is -1.67. The van der Waals surface area contributed by atoms with Gasteiger partial charge in [0.2, 0.25) is 11.2 Å². The van der Waals surface area contributed by atoms with Gasteiger partial charge >= 0.3 is 0 Å². The molecule has 0 spiro atoms. The van der Waals surface area contributed by atoms with Gasteiger partial charge in [0, 0.05) is 28.4 Å². The van der Waals surface area contributed by atoms with Gasteiger partial charge in [-0.05, 0) is 5.56 Å². The highest BCUT2D eigenvalue weighted by Crippen LogP contribution is 2.65. The Bertz CT molecular complexity index is 665. The van der Waals surface area contributed by atoms with Crippen molar-refractivity contribution in [1.29, 1.82) is 10.5 Å². The van der Waals surface area contributed by atoms with Gasteiger partial charge in [0.25, 0.3) is 5.79 Å². The third-order valence-electron chi connectivity index (χ3n) is 4.67. The van der Waals surface area contributed by atoms with Crippen LogP contribution in [0.1, 0.15) is 5.56 Å². The van der Waals surface area contributed by atoms with Crippen molar-refractivity contribution >= 4 is 6.08 Å². The largest absolute Gasteiger partial charge is 0.348 e. The highest BCUT2D eigenvalue weighted by molar-refractivity contribution is 5.52. The van der Waals surface area contributed by atoms with Gasteiger partial charge < -0.3 is 18.9 Å². The molecule has 0 heterocycles. The molecular weight excluding hydrogens is 308 g/mol. The zero-order valence-electron chi connectivity index (χ0n) is 14.1. The zero-order valence-corrected chi connectivity index (χ0v) is 14.1. The van der Waals surface area contributed by atoms with Crippen LogP contribution in [0.25, 0.3) is 6.08 Å². The Labute approximate surface area is 141 Å². The lowest BCUT2D eigenvalue weighted by atomic mass is 9.51. The van der Waals surface area contributed by atoms with Crippen molar-refractivity contribution in [2.45, 2.75) is 11.6 Å². The second kappa shape index (κ2) is 6.72. The first-order valence-electron chi connectivity index (χ1n) is 7.34. The van der Waals surface area contributed by atoms with Gasteiger partial charge in [0.1, 0.15) is 0 Å². The van der Waals surface area contributed by atoms with E-state index >= 15 is 0 Å². The Balaban J connectivity index is 2.57. The van der Waals surface area contributed by atoms with Gasteiger partial charge in [0.05, 0.1) is 18.1 Å². The summed E-state index contributed by atoms with van der Waals surface area (Å²) in [4.78, 5) is 0. The standard InChI is InChI=1S/C18H20N2O4/c1-21-17(22-2)15(11-10-14-8-6-5-7-9-14)16(12-19,13-20)18(17,23-3)24-4/h5-11,15H,1-4H3/b11-10+. The molecule has 0 aromatic heterocycles. The average molecular weight is 328 g/mol. The number of rotatable bonds is 6. The van der Waals surface area contributed by atoms with Crippen LogP contribution >= 0.6 is 0 Å². The van der Waals surface area contributed by atoms with Gasteiger partial charge in [-0.25, -0.2) is 0 Å². The van der Waals surface area contributed by atoms with Crippen molar-refractivity contribution in [2.75, 3.05) is 28.4 Å². The fourth-order valence-corrected chi connectivity index (χ4v) is 3.54. The predicted molar refractivity (Wildman–Crippen MR) is 86.1 cm³/mol. The lowest BCUT2D eigenvalue weighted by molar-refractivity contribution is -0.489. The van der Waals surface area contributed by atoms with Gasteiger partial charge in [-0.1, -0.05) is 42.5 Å². The fraction of sp³-hybridized carbons (Fsp3) is 0.444.